The van der Waals surface area contributed by atoms with Crippen molar-refractivity contribution in [1.82, 2.24) is 4.98 Å². The number of rotatable bonds is 3. The number of halogens is 2. The SMILES string of the molecule is C=C(Cl)c1cnc(Cl)cc1/C(=C\C)C(C)(C)N. The second-order valence-corrected chi connectivity index (χ2v) is 5.23. The van der Waals surface area contributed by atoms with Crippen LogP contribution in [0.15, 0.2) is 24.9 Å². The van der Waals surface area contributed by atoms with Gasteiger partial charge in [0.1, 0.15) is 5.15 Å². The fourth-order valence-electron chi connectivity index (χ4n) is 1.74. The standard InChI is InChI=1S/C13H16Cl2N2/c1-5-11(13(3,4)16)9-6-12(15)17-7-10(9)8(2)14/h5-7H,2,16H2,1,3-4H3/b11-5+. The van der Waals surface area contributed by atoms with Gasteiger partial charge in [0.25, 0.3) is 0 Å². The van der Waals surface area contributed by atoms with Crippen LogP contribution in [0.25, 0.3) is 10.6 Å². The Labute approximate surface area is 112 Å². The van der Waals surface area contributed by atoms with Crippen LogP contribution in [0.3, 0.4) is 0 Å². The van der Waals surface area contributed by atoms with Crippen molar-refractivity contribution in [3.8, 4) is 0 Å². The Morgan fingerprint density at radius 1 is 1.47 bits per heavy atom. The van der Waals surface area contributed by atoms with Crippen molar-refractivity contribution in [2.24, 2.45) is 5.73 Å². The summed E-state index contributed by atoms with van der Waals surface area (Å²) in [6.07, 6.45) is 3.57. The molecule has 0 aliphatic carbocycles. The molecular weight excluding hydrogens is 255 g/mol. The van der Waals surface area contributed by atoms with Crippen LogP contribution in [0.1, 0.15) is 31.9 Å². The number of nitrogens with two attached hydrogens (primary N) is 1. The summed E-state index contributed by atoms with van der Waals surface area (Å²) < 4.78 is 0. The largest absolute Gasteiger partial charge is 0.322 e. The van der Waals surface area contributed by atoms with Crippen LogP contribution >= 0.6 is 23.2 Å². The summed E-state index contributed by atoms with van der Waals surface area (Å²) in [4.78, 5) is 4.01. The average molecular weight is 271 g/mol. The molecule has 0 amide bonds. The van der Waals surface area contributed by atoms with Crippen LogP contribution in [-0.2, 0) is 0 Å². The van der Waals surface area contributed by atoms with Crippen molar-refractivity contribution < 1.29 is 0 Å². The van der Waals surface area contributed by atoms with Crippen molar-refractivity contribution in [2.75, 3.05) is 0 Å². The van der Waals surface area contributed by atoms with Crippen LogP contribution < -0.4 is 5.73 Å². The minimum atomic E-state index is -0.486. The second kappa shape index (κ2) is 5.21. The predicted octanol–water partition coefficient (Wildman–Crippen LogP) is 4.09. The van der Waals surface area contributed by atoms with Crippen LogP contribution in [0, 0.1) is 0 Å². The third kappa shape index (κ3) is 3.32. The highest BCUT2D eigenvalue weighted by Gasteiger charge is 2.22. The maximum atomic E-state index is 6.14. The summed E-state index contributed by atoms with van der Waals surface area (Å²) in [5.41, 5.74) is 8.24. The van der Waals surface area contributed by atoms with E-state index in [-0.39, 0.29) is 0 Å². The first kappa shape index (κ1) is 14.2. The number of nitrogens with zero attached hydrogens (tertiary/aromatic N) is 1. The van der Waals surface area contributed by atoms with Crippen LogP contribution in [0.4, 0.5) is 0 Å². The fraction of sp³-hybridized carbons (Fsp3) is 0.308. The molecule has 0 spiro atoms. The Balaban J connectivity index is 3.48. The highest BCUT2D eigenvalue weighted by molar-refractivity contribution is 6.48. The van der Waals surface area contributed by atoms with Gasteiger partial charge in [-0.05, 0) is 38.0 Å². The summed E-state index contributed by atoms with van der Waals surface area (Å²) >= 11 is 11.9. The van der Waals surface area contributed by atoms with Crippen molar-refractivity contribution in [3.05, 3.63) is 41.2 Å². The lowest BCUT2D eigenvalue weighted by molar-refractivity contribution is 0.674. The highest BCUT2D eigenvalue weighted by Crippen LogP contribution is 2.32. The van der Waals surface area contributed by atoms with Gasteiger partial charge in [0.15, 0.2) is 0 Å². The second-order valence-electron chi connectivity index (χ2n) is 4.38. The normalized spacial score (nSPS) is 12.7. The number of aromatic nitrogens is 1. The molecule has 1 heterocycles. The molecule has 0 bridgehead atoms. The predicted molar refractivity (Wildman–Crippen MR) is 76.1 cm³/mol. The molecular formula is C13H16Cl2N2. The van der Waals surface area contributed by atoms with E-state index in [4.69, 9.17) is 28.9 Å². The van der Waals surface area contributed by atoms with Gasteiger partial charge < -0.3 is 5.73 Å². The minimum Gasteiger partial charge on any atom is -0.322 e. The third-order valence-corrected chi connectivity index (χ3v) is 2.85. The molecule has 1 rings (SSSR count). The quantitative estimate of drug-likeness (QED) is 0.841. The maximum Gasteiger partial charge on any atom is 0.129 e. The molecule has 0 fully saturated rings. The van der Waals surface area contributed by atoms with Gasteiger partial charge in [-0.2, -0.15) is 0 Å². The van der Waals surface area contributed by atoms with Crippen LogP contribution in [-0.4, -0.2) is 10.5 Å². The zero-order valence-corrected chi connectivity index (χ0v) is 11.7. The van der Waals surface area contributed by atoms with Crippen molar-refractivity contribution in [3.63, 3.8) is 0 Å². The van der Waals surface area contributed by atoms with E-state index in [1.165, 1.54) is 0 Å². The molecule has 17 heavy (non-hydrogen) atoms. The first-order valence-electron chi connectivity index (χ1n) is 5.23. The molecule has 92 valence electrons. The van der Waals surface area contributed by atoms with E-state index < -0.39 is 5.54 Å². The van der Waals surface area contributed by atoms with E-state index in [0.717, 1.165) is 16.7 Å². The molecule has 0 unspecified atom stereocenters. The molecule has 1 aromatic heterocycles. The van der Waals surface area contributed by atoms with Gasteiger partial charge in [-0.15, -0.1) is 0 Å². The lowest BCUT2D eigenvalue weighted by atomic mass is 9.87. The first-order valence-corrected chi connectivity index (χ1v) is 5.99. The lowest BCUT2D eigenvalue weighted by Gasteiger charge is -2.25. The summed E-state index contributed by atoms with van der Waals surface area (Å²) in [6.45, 7) is 9.51. The number of pyridine rings is 1. The van der Waals surface area contributed by atoms with Gasteiger partial charge >= 0.3 is 0 Å². The van der Waals surface area contributed by atoms with E-state index in [1.54, 1.807) is 12.3 Å². The summed E-state index contributed by atoms with van der Waals surface area (Å²) in [6, 6.07) is 1.76. The Morgan fingerprint density at radius 3 is 2.47 bits per heavy atom. The zero-order chi connectivity index (χ0) is 13.2. The summed E-state index contributed by atoms with van der Waals surface area (Å²) in [7, 11) is 0. The van der Waals surface area contributed by atoms with Gasteiger partial charge in [0.05, 0.1) is 0 Å². The third-order valence-electron chi connectivity index (χ3n) is 2.44. The Kier molecular flexibility index (Phi) is 4.36. The highest BCUT2D eigenvalue weighted by atomic mass is 35.5. The van der Waals surface area contributed by atoms with Gasteiger partial charge in [0.2, 0.25) is 0 Å². The van der Waals surface area contributed by atoms with Crippen LogP contribution in [0.2, 0.25) is 5.15 Å². The maximum absolute atomic E-state index is 6.14. The lowest BCUT2D eigenvalue weighted by Crippen LogP contribution is -2.33. The molecule has 0 atom stereocenters. The monoisotopic (exact) mass is 270 g/mol. The van der Waals surface area contributed by atoms with Crippen LogP contribution in [0.5, 0.6) is 0 Å². The molecule has 2 nitrogen and oxygen atoms in total. The number of hydrogen-bond donors (Lipinski definition) is 1. The van der Waals surface area contributed by atoms with Crippen molar-refractivity contribution >= 4 is 33.8 Å². The molecule has 0 radical (unpaired) electrons. The summed E-state index contributed by atoms with van der Waals surface area (Å²) in [5, 5.41) is 0.832. The van der Waals surface area contributed by atoms with E-state index in [9.17, 15) is 0 Å². The fourth-order valence-corrected chi connectivity index (χ4v) is 2.05. The smallest absolute Gasteiger partial charge is 0.129 e. The van der Waals surface area contributed by atoms with Crippen molar-refractivity contribution in [2.45, 2.75) is 26.3 Å². The van der Waals surface area contributed by atoms with Crippen molar-refractivity contribution in [1.29, 1.82) is 0 Å². The molecule has 0 saturated carbocycles. The molecule has 1 aromatic rings. The van der Waals surface area contributed by atoms with E-state index in [1.807, 2.05) is 26.8 Å². The molecule has 4 heteroatoms. The van der Waals surface area contributed by atoms with Gasteiger partial charge in [-0.25, -0.2) is 4.98 Å². The average Bonchev–Trinajstić information content (AvgIpc) is 2.15. The Hall–Kier alpha value is -0.830. The van der Waals surface area contributed by atoms with Gasteiger partial charge in [-0.1, -0.05) is 35.9 Å². The first-order chi connectivity index (χ1) is 7.77. The Bertz CT molecular complexity index is 471. The minimum absolute atomic E-state index is 0.408. The molecule has 0 aromatic carbocycles. The zero-order valence-electron chi connectivity index (χ0n) is 10.2. The van der Waals surface area contributed by atoms with Gasteiger partial charge in [0, 0.05) is 22.3 Å². The topological polar surface area (TPSA) is 38.9 Å². The Morgan fingerprint density at radius 2 is 2.06 bits per heavy atom. The number of allylic oxidation sites excluding steroid dienone is 1. The van der Waals surface area contributed by atoms with Gasteiger partial charge in [-0.3, -0.25) is 0 Å². The van der Waals surface area contributed by atoms with E-state index in [2.05, 4.69) is 11.6 Å². The number of hydrogen-bond acceptors (Lipinski definition) is 2. The molecule has 0 aliphatic rings. The molecule has 0 saturated heterocycles. The molecule has 2 N–H and O–H groups in total. The van der Waals surface area contributed by atoms with E-state index in [0.29, 0.717) is 10.2 Å². The molecule has 0 aliphatic heterocycles. The summed E-state index contributed by atoms with van der Waals surface area (Å²) in [5.74, 6) is 0. The van der Waals surface area contributed by atoms with E-state index >= 15 is 0 Å².